The summed E-state index contributed by atoms with van der Waals surface area (Å²) in [4.78, 5) is 4.33. The standard InChI is InChI=1S/C18H12BrCl2N3O2/c1-25-16-5-14-10(3-11(16)19)18(9(7-22)8-23-14)24-15-6-17(26-2)13(21)4-12(15)20/h3-6,8H,1-2H3,(H,23,24). The Morgan fingerprint density at radius 1 is 1.08 bits per heavy atom. The first-order valence-electron chi connectivity index (χ1n) is 7.35. The number of hydrogen-bond acceptors (Lipinski definition) is 5. The van der Waals surface area contributed by atoms with E-state index in [1.807, 2.05) is 6.07 Å². The molecule has 0 fully saturated rings. The lowest BCUT2D eigenvalue weighted by molar-refractivity contribution is 0.412. The highest BCUT2D eigenvalue weighted by molar-refractivity contribution is 9.10. The Labute approximate surface area is 168 Å². The Kier molecular flexibility index (Phi) is 5.42. The molecule has 1 N–H and O–H groups in total. The van der Waals surface area contributed by atoms with E-state index in [2.05, 4.69) is 32.3 Å². The van der Waals surface area contributed by atoms with E-state index in [9.17, 15) is 5.26 Å². The molecule has 0 amide bonds. The summed E-state index contributed by atoms with van der Waals surface area (Å²) in [5.74, 6) is 1.12. The van der Waals surface area contributed by atoms with E-state index in [0.29, 0.717) is 44.0 Å². The predicted octanol–water partition coefficient (Wildman–Crippen LogP) is 5.94. The van der Waals surface area contributed by atoms with E-state index in [1.165, 1.54) is 13.3 Å². The molecular weight excluding hydrogens is 441 g/mol. The maximum Gasteiger partial charge on any atom is 0.139 e. The van der Waals surface area contributed by atoms with Gasteiger partial charge in [0.25, 0.3) is 0 Å². The van der Waals surface area contributed by atoms with Crippen molar-refractivity contribution in [2.24, 2.45) is 0 Å². The third-order valence-corrected chi connectivity index (χ3v) is 4.99. The summed E-state index contributed by atoms with van der Waals surface area (Å²) in [5.41, 5.74) is 2.18. The summed E-state index contributed by atoms with van der Waals surface area (Å²) in [6.45, 7) is 0. The van der Waals surface area contributed by atoms with E-state index >= 15 is 0 Å². The molecule has 8 heteroatoms. The van der Waals surface area contributed by atoms with Gasteiger partial charge in [-0.2, -0.15) is 5.26 Å². The Bertz CT molecular complexity index is 1050. The molecule has 5 nitrogen and oxygen atoms in total. The minimum atomic E-state index is 0.375. The number of nitrogens with zero attached hydrogens (tertiary/aromatic N) is 2. The fourth-order valence-electron chi connectivity index (χ4n) is 2.49. The van der Waals surface area contributed by atoms with Gasteiger partial charge < -0.3 is 14.8 Å². The first-order valence-corrected chi connectivity index (χ1v) is 8.89. The molecule has 1 aromatic heterocycles. The van der Waals surface area contributed by atoms with Crippen molar-refractivity contribution in [3.63, 3.8) is 0 Å². The van der Waals surface area contributed by atoms with Crippen LogP contribution in [0.25, 0.3) is 10.9 Å². The number of ether oxygens (including phenoxy) is 2. The van der Waals surface area contributed by atoms with Crippen molar-refractivity contribution in [3.05, 3.63) is 50.5 Å². The van der Waals surface area contributed by atoms with E-state index in [1.54, 1.807) is 25.3 Å². The summed E-state index contributed by atoms with van der Waals surface area (Å²) in [5, 5.41) is 14.2. The van der Waals surface area contributed by atoms with Crippen LogP contribution in [0.5, 0.6) is 11.5 Å². The molecule has 0 aliphatic heterocycles. The average Bonchev–Trinajstić information content (AvgIpc) is 2.63. The minimum absolute atomic E-state index is 0.375. The second-order valence-electron chi connectivity index (χ2n) is 5.25. The number of methoxy groups -OCH3 is 2. The van der Waals surface area contributed by atoms with Crippen LogP contribution in [0.3, 0.4) is 0 Å². The van der Waals surface area contributed by atoms with Crippen LogP contribution >= 0.6 is 39.1 Å². The molecule has 3 rings (SSSR count). The number of rotatable bonds is 4. The number of nitrogens with one attached hydrogen (secondary N) is 1. The molecule has 0 bridgehead atoms. The summed E-state index contributed by atoms with van der Waals surface area (Å²) in [6, 6.07) is 9.03. The van der Waals surface area contributed by atoms with Crippen molar-refractivity contribution in [2.45, 2.75) is 0 Å². The quantitative estimate of drug-likeness (QED) is 0.530. The number of hydrogen-bond donors (Lipinski definition) is 1. The fraction of sp³-hybridized carbons (Fsp3) is 0.111. The summed E-state index contributed by atoms with van der Waals surface area (Å²) < 4.78 is 11.3. The molecule has 3 aromatic rings. The summed E-state index contributed by atoms with van der Waals surface area (Å²) >= 11 is 15.9. The fourth-order valence-corrected chi connectivity index (χ4v) is 3.50. The predicted molar refractivity (Wildman–Crippen MR) is 107 cm³/mol. The van der Waals surface area contributed by atoms with Gasteiger partial charge >= 0.3 is 0 Å². The molecule has 0 unspecified atom stereocenters. The third-order valence-electron chi connectivity index (χ3n) is 3.76. The van der Waals surface area contributed by atoms with Gasteiger partial charge in [-0.3, -0.25) is 4.98 Å². The van der Waals surface area contributed by atoms with Gasteiger partial charge in [0.2, 0.25) is 0 Å². The van der Waals surface area contributed by atoms with Crippen LogP contribution in [0.2, 0.25) is 10.0 Å². The Morgan fingerprint density at radius 3 is 2.46 bits per heavy atom. The van der Waals surface area contributed by atoms with Crippen LogP contribution < -0.4 is 14.8 Å². The van der Waals surface area contributed by atoms with Crippen LogP contribution in [0.1, 0.15) is 5.56 Å². The lowest BCUT2D eigenvalue weighted by Crippen LogP contribution is -1.99. The number of fused-ring (bicyclic) bond motifs is 1. The highest BCUT2D eigenvalue weighted by Gasteiger charge is 2.15. The first kappa shape index (κ1) is 18.6. The maximum absolute atomic E-state index is 9.49. The lowest BCUT2D eigenvalue weighted by atomic mass is 10.1. The summed E-state index contributed by atoms with van der Waals surface area (Å²) in [7, 11) is 3.10. The number of anilines is 2. The zero-order valence-corrected chi connectivity index (χ0v) is 16.8. The van der Waals surface area contributed by atoms with E-state index in [0.717, 1.165) is 9.86 Å². The van der Waals surface area contributed by atoms with Crippen LogP contribution in [0, 0.1) is 11.3 Å². The van der Waals surface area contributed by atoms with Crippen LogP contribution in [0.15, 0.2) is 34.9 Å². The number of nitriles is 1. The smallest absolute Gasteiger partial charge is 0.139 e. The van der Waals surface area contributed by atoms with Crippen molar-refractivity contribution in [3.8, 4) is 17.6 Å². The highest BCUT2D eigenvalue weighted by atomic mass is 79.9. The average molecular weight is 453 g/mol. The van der Waals surface area contributed by atoms with Crippen LogP contribution in [0.4, 0.5) is 11.4 Å². The SMILES string of the molecule is COc1cc(Nc2c(C#N)cnc3cc(OC)c(Br)cc23)c(Cl)cc1Cl. The van der Waals surface area contributed by atoms with Gasteiger partial charge in [-0.25, -0.2) is 0 Å². The molecule has 0 aliphatic rings. The topological polar surface area (TPSA) is 67.2 Å². The van der Waals surface area contributed by atoms with E-state index in [-0.39, 0.29) is 0 Å². The molecule has 0 aliphatic carbocycles. The second kappa shape index (κ2) is 7.58. The monoisotopic (exact) mass is 451 g/mol. The van der Waals surface area contributed by atoms with Gasteiger partial charge in [-0.1, -0.05) is 23.2 Å². The molecule has 0 spiro atoms. The number of pyridine rings is 1. The number of halogens is 3. The Morgan fingerprint density at radius 2 is 1.81 bits per heavy atom. The minimum Gasteiger partial charge on any atom is -0.495 e. The lowest BCUT2D eigenvalue weighted by Gasteiger charge is -2.15. The van der Waals surface area contributed by atoms with Gasteiger partial charge in [0.05, 0.1) is 51.2 Å². The zero-order valence-electron chi connectivity index (χ0n) is 13.7. The van der Waals surface area contributed by atoms with Gasteiger partial charge in [-0.05, 0) is 28.1 Å². The normalized spacial score (nSPS) is 10.5. The Hall–Kier alpha value is -2.20. The van der Waals surface area contributed by atoms with Crippen LogP contribution in [-0.2, 0) is 0 Å². The maximum atomic E-state index is 9.49. The Balaban J connectivity index is 2.21. The van der Waals surface area contributed by atoms with Gasteiger partial charge in [-0.15, -0.1) is 0 Å². The molecule has 0 saturated carbocycles. The van der Waals surface area contributed by atoms with Crippen LogP contribution in [-0.4, -0.2) is 19.2 Å². The van der Waals surface area contributed by atoms with E-state index in [4.69, 9.17) is 32.7 Å². The molecular formula is C18H12BrCl2N3O2. The molecule has 0 saturated heterocycles. The molecule has 1 heterocycles. The van der Waals surface area contributed by atoms with Crippen molar-refractivity contribution < 1.29 is 9.47 Å². The second-order valence-corrected chi connectivity index (χ2v) is 6.92. The van der Waals surface area contributed by atoms with Gasteiger partial charge in [0.15, 0.2) is 0 Å². The third kappa shape index (κ3) is 3.38. The van der Waals surface area contributed by atoms with Gasteiger partial charge in [0.1, 0.15) is 17.6 Å². The largest absolute Gasteiger partial charge is 0.495 e. The van der Waals surface area contributed by atoms with Crippen molar-refractivity contribution in [1.82, 2.24) is 4.98 Å². The van der Waals surface area contributed by atoms with Gasteiger partial charge in [0, 0.05) is 23.7 Å². The van der Waals surface area contributed by atoms with Crippen molar-refractivity contribution in [2.75, 3.05) is 19.5 Å². The molecule has 26 heavy (non-hydrogen) atoms. The number of aromatic nitrogens is 1. The molecule has 0 atom stereocenters. The first-order chi connectivity index (χ1) is 12.5. The zero-order chi connectivity index (χ0) is 18.8. The molecule has 2 aromatic carbocycles. The van der Waals surface area contributed by atoms with Crippen molar-refractivity contribution in [1.29, 1.82) is 5.26 Å². The summed E-state index contributed by atoms with van der Waals surface area (Å²) in [6.07, 6.45) is 1.50. The molecule has 0 radical (unpaired) electrons. The highest BCUT2D eigenvalue weighted by Crippen LogP contribution is 2.39. The number of benzene rings is 2. The molecule has 132 valence electrons. The van der Waals surface area contributed by atoms with E-state index < -0.39 is 0 Å². The van der Waals surface area contributed by atoms with Crippen molar-refractivity contribution >= 4 is 61.4 Å².